The van der Waals surface area contributed by atoms with Crippen LogP contribution in [-0.4, -0.2) is 164 Å². The van der Waals surface area contributed by atoms with Gasteiger partial charge in [0, 0.05) is 31.3 Å². The predicted molar refractivity (Wildman–Crippen MR) is 215 cm³/mol. The number of nitrogens with one attached hydrogen (secondary N) is 7. The monoisotopic (exact) mass is 873 g/mol. The third kappa shape index (κ3) is 15.8. The molecule has 1 fully saturated rings. The van der Waals surface area contributed by atoms with Crippen LogP contribution in [0.1, 0.15) is 49.8 Å². The Balaban J connectivity index is 1.73. The van der Waals surface area contributed by atoms with E-state index in [0.29, 0.717) is 30.5 Å². The second kappa shape index (κ2) is 25.3. The van der Waals surface area contributed by atoms with E-state index >= 15 is 0 Å². The van der Waals surface area contributed by atoms with Crippen molar-refractivity contribution >= 4 is 53.3 Å². The molecule has 0 saturated carbocycles. The van der Waals surface area contributed by atoms with Crippen LogP contribution in [0.4, 0.5) is 0 Å². The third-order valence-electron chi connectivity index (χ3n) is 9.71. The molecule has 7 atom stereocenters. The maximum atomic E-state index is 13.8. The number of aliphatic hydroxyl groups is 2. The van der Waals surface area contributed by atoms with Crippen LogP contribution < -0.4 is 43.4 Å². The number of aliphatic carboxylic acids is 2. The minimum atomic E-state index is -1.68. The smallest absolute Gasteiger partial charge is 0.326 e. The van der Waals surface area contributed by atoms with E-state index in [-0.39, 0.29) is 38.8 Å². The van der Waals surface area contributed by atoms with Crippen LogP contribution in [0.2, 0.25) is 0 Å². The summed E-state index contributed by atoms with van der Waals surface area (Å²) < 4.78 is 0. The molecule has 1 saturated heterocycles. The fourth-order valence-corrected chi connectivity index (χ4v) is 6.42. The molecule has 2 aromatic rings. The number of likely N-dealkylation sites (tertiary alicyclic amines) is 1. The van der Waals surface area contributed by atoms with E-state index in [1.54, 1.807) is 30.3 Å². The lowest BCUT2D eigenvalue weighted by Crippen LogP contribution is -2.59. The summed E-state index contributed by atoms with van der Waals surface area (Å²) in [5.74, 6) is -9.22. The molecule has 0 radical (unpaired) electrons. The lowest BCUT2D eigenvalue weighted by molar-refractivity contribution is -0.150. The highest BCUT2D eigenvalue weighted by atomic mass is 16.4. The summed E-state index contributed by atoms with van der Waals surface area (Å²) in [4.78, 5) is 124. The summed E-state index contributed by atoms with van der Waals surface area (Å²) in [6.07, 6.45) is 2.77. The van der Waals surface area contributed by atoms with Crippen molar-refractivity contribution < 1.29 is 63.6 Å². The number of amides is 7. The molecule has 1 aromatic heterocycles. The number of H-pyrrole nitrogens is 1. The van der Waals surface area contributed by atoms with Crippen LogP contribution in [0, 0.1) is 0 Å². The van der Waals surface area contributed by atoms with Crippen molar-refractivity contribution in [3.05, 3.63) is 54.1 Å². The van der Waals surface area contributed by atoms with Crippen molar-refractivity contribution in [2.45, 2.75) is 93.7 Å². The number of nitrogens with two attached hydrogens (primary N) is 2. The molecule has 0 unspecified atom stereocenters. The summed E-state index contributed by atoms with van der Waals surface area (Å²) in [6.45, 7) is -2.15. The first-order valence-electron chi connectivity index (χ1n) is 19.8. The molecule has 0 spiro atoms. The predicted octanol–water partition coefficient (Wildman–Crippen LogP) is -5.27. The van der Waals surface area contributed by atoms with Gasteiger partial charge in [-0.15, -0.1) is 0 Å². The number of nitrogens with zero attached hydrogens (tertiary/aromatic N) is 2. The van der Waals surface area contributed by atoms with E-state index in [4.69, 9.17) is 11.5 Å². The van der Waals surface area contributed by atoms with Crippen LogP contribution in [0.3, 0.4) is 0 Å². The van der Waals surface area contributed by atoms with Gasteiger partial charge in [-0.05, 0) is 44.2 Å². The maximum absolute atomic E-state index is 13.8. The lowest BCUT2D eigenvalue weighted by atomic mass is 10.0. The number of benzene rings is 1. The topological polar surface area (TPSA) is 391 Å². The van der Waals surface area contributed by atoms with E-state index in [1.165, 1.54) is 12.5 Å². The summed E-state index contributed by atoms with van der Waals surface area (Å²) >= 11 is 0. The van der Waals surface area contributed by atoms with Crippen molar-refractivity contribution in [3.63, 3.8) is 0 Å². The average molecular weight is 874 g/mol. The zero-order valence-electron chi connectivity index (χ0n) is 33.8. The number of hydrogen-bond donors (Lipinski definition) is 13. The molecule has 62 heavy (non-hydrogen) atoms. The average Bonchev–Trinajstić information content (AvgIpc) is 3.96. The number of carbonyl (C=O) groups excluding carboxylic acids is 7. The minimum absolute atomic E-state index is 0.00671. The summed E-state index contributed by atoms with van der Waals surface area (Å²) in [6, 6.07) is -1.62. The van der Waals surface area contributed by atoms with Crippen LogP contribution >= 0.6 is 0 Å². The molecule has 0 bridgehead atoms. The third-order valence-corrected chi connectivity index (χ3v) is 9.71. The van der Waals surface area contributed by atoms with Gasteiger partial charge in [-0.1, -0.05) is 30.3 Å². The number of imidazole rings is 1. The first-order chi connectivity index (χ1) is 29.6. The van der Waals surface area contributed by atoms with E-state index in [1.807, 2.05) is 0 Å². The fraction of sp³-hybridized carbons (Fsp3) is 0.526. The van der Waals surface area contributed by atoms with E-state index < -0.39 is 122 Å². The Hall–Kier alpha value is -6.50. The Labute approximate surface area is 355 Å². The maximum Gasteiger partial charge on any atom is 0.326 e. The van der Waals surface area contributed by atoms with Crippen LogP contribution in [0.15, 0.2) is 42.9 Å². The highest BCUT2D eigenvalue weighted by Gasteiger charge is 2.39. The minimum Gasteiger partial charge on any atom is -0.481 e. The highest BCUT2D eigenvalue weighted by Crippen LogP contribution is 2.19. The zero-order valence-corrected chi connectivity index (χ0v) is 33.8. The standard InChI is InChI=1S/C38H55N11O13/c39-11-5-4-9-24(44-30(52)17-42-33(56)28(19-51)48-36(59)26(14-22-16-41-20-43-22)45-32(55)23(40)18-50)34(57)46-25(13-21-7-2-1-3-8-21)35(58)47-27(15-31(53)54)37(60)49-12-6-10-29(49)38(61)62/h1-3,7-8,16,20,23-29,50-51H,4-6,9-15,17-19,39-40H2,(H,41,43)(H,42,56)(H,44,52)(H,45,55)(H,46,57)(H,47,58)(H,48,59)(H,53,54)(H,61,62)/t23-,24-,25-,26-,27-,28-,29-/m0/s1. The SMILES string of the molecule is NCCCC[C@H](NC(=O)CNC(=O)[C@H](CO)NC(=O)[C@H](Cc1cnc[nH]1)NC(=O)[C@@H](N)CO)C(=O)N[C@@H](Cc1ccccc1)C(=O)N[C@@H](CC(=O)O)C(=O)N1CCC[C@H]1C(=O)O. The molecule has 1 aliphatic rings. The molecular weight excluding hydrogens is 818 g/mol. The van der Waals surface area contributed by atoms with Crippen molar-refractivity contribution in [2.24, 2.45) is 11.5 Å². The number of carbonyl (C=O) groups is 9. The Morgan fingerprint density at radius 1 is 0.774 bits per heavy atom. The first kappa shape index (κ1) is 49.9. The van der Waals surface area contributed by atoms with Crippen LogP contribution in [-0.2, 0) is 56.0 Å². The number of carboxylic acid groups (broad SMARTS) is 2. The largest absolute Gasteiger partial charge is 0.481 e. The van der Waals surface area contributed by atoms with Gasteiger partial charge in [-0.3, -0.25) is 38.4 Å². The van der Waals surface area contributed by atoms with Gasteiger partial charge >= 0.3 is 11.9 Å². The second-order valence-electron chi connectivity index (χ2n) is 14.4. The fourth-order valence-electron chi connectivity index (χ4n) is 6.42. The molecular formula is C38H55N11O13. The summed E-state index contributed by atoms with van der Waals surface area (Å²) in [5, 5.41) is 52.7. The van der Waals surface area contributed by atoms with Crippen molar-refractivity contribution in [2.75, 3.05) is 32.8 Å². The zero-order chi connectivity index (χ0) is 45.8. The molecule has 340 valence electrons. The number of hydrogen-bond acceptors (Lipinski definition) is 14. The Morgan fingerprint density at radius 3 is 2.00 bits per heavy atom. The van der Waals surface area contributed by atoms with Crippen LogP contribution in [0.25, 0.3) is 0 Å². The van der Waals surface area contributed by atoms with E-state index in [9.17, 15) is 63.6 Å². The molecule has 2 heterocycles. The molecule has 3 rings (SSSR count). The van der Waals surface area contributed by atoms with Gasteiger partial charge in [0.1, 0.15) is 42.3 Å². The Kier molecular flexibility index (Phi) is 20.4. The molecule has 15 N–H and O–H groups in total. The van der Waals surface area contributed by atoms with E-state index in [2.05, 4.69) is 41.9 Å². The summed E-state index contributed by atoms with van der Waals surface area (Å²) in [5.41, 5.74) is 12.2. The second-order valence-corrected chi connectivity index (χ2v) is 14.4. The molecule has 1 aromatic carbocycles. The molecule has 0 aliphatic carbocycles. The molecule has 24 nitrogen and oxygen atoms in total. The number of aromatic nitrogens is 2. The number of aromatic amines is 1. The normalized spacial score (nSPS) is 16.3. The number of unbranched alkanes of at least 4 members (excludes halogenated alkanes) is 1. The number of aliphatic hydroxyl groups excluding tert-OH is 2. The van der Waals surface area contributed by atoms with Crippen molar-refractivity contribution in [1.82, 2.24) is 46.8 Å². The van der Waals surface area contributed by atoms with Crippen molar-refractivity contribution in [1.29, 1.82) is 0 Å². The van der Waals surface area contributed by atoms with Gasteiger partial charge in [-0.2, -0.15) is 0 Å². The highest BCUT2D eigenvalue weighted by molar-refractivity contribution is 5.97. The van der Waals surface area contributed by atoms with E-state index in [0.717, 1.165) is 4.90 Å². The van der Waals surface area contributed by atoms with Gasteiger partial charge in [0.15, 0.2) is 0 Å². The first-order valence-corrected chi connectivity index (χ1v) is 19.8. The Bertz CT molecular complexity index is 1850. The molecule has 1 aliphatic heterocycles. The van der Waals surface area contributed by atoms with Crippen molar-refractivity contribution in [3.8, 4) is 0 Å². The van der Waals surface area contributed by atoms with Gasteiger partial charge in [0.2, 0.25) is 41.4 Å². The quantitative estimate of drug-likeness (QED) is 0.0393. The summed E-state index contributed by atoms with van der Waals surface area (Å²) in [7, 11) is 0. The Morgan fingerprint density at radius 2 is 1.40 bits per heavy atom. The lowest BCUT2D eigenvalue weighted by Gasteiger charge is -2.28. The van der Waals surface area contributed by atoms with Gasteiger partial charge in [0.05, 0.1) is 32.5 Å². The van der Waals surface area contributed by atoms with Gasteiger partial charge < -0.3 is 73.7 Å². The van der Waals surface area contributed by atoms with Crippen LogP contribution in [0.5, 0.6) is 0 Å². The molecule has 7 amide bonds. The number of carboxylic acids is 2. The van der Waals surface area contributed by atoms with Gasteiger partial charge in [0.25, 0.3) is 0 Å². The van der Waals surface area contributed by atoms with Gasteiger partial charge in [-0.25, -0.2) is 9.78 Å². The molecule has 24 heteroatoms. The number of rotatable bonds is 26.